The Hall–Kier alpha value is -0.340. The van der Waals surface area contributed by atoms with Crippen molar-refractivity contribution >= 4 is 15.9 Å². The number of rotatable bonds is 2. The predicted molar refractivity (Wildman–Crippen MR) is 93.5 cm³/mol. The fraction of sp³-hybridized carbons (Fsp3) is 0.684. The second kappa shape index (κ2) is 5.38. The van der Waals surface area contributed by atoms with Crippen LogP contribution in [0.2, 0.25) is 0 Å². The van der Waals surface area contributed by atoms with Gasteiger partial charge in [0.15, 0.2) is 0 Å². The first-order chi connectivity index (χ1) is 9.76. The van der Waals surface area contributed by atoms with E-state index in [4.69, 9.17) is 0 Å². The highest BCUT2D eigenvalue weighted by molar-refractivity contribution is 9.10. The molecule has 3 rings (SSSR count). The fourth-order valence-electron chi connectivity index (χ4n) is 5.03. The van der Waals surface area contributed by atoms with Gasteiger partial charge in [0.05, 0.1) is 0 Å². The van der Waals surface area contributed by atoms with Crippen LogP contribution in [0, 0.1) is 10.8 Å². The third-order valence-corrected chi connectivity index (χ3v) is 5.95. The number of hydrogen-bond acceptors (Lipinski definition) is 1. The van der Waals surface area contributed by atoms with Crippen LogP contribution in [-0.2, 0) is 6.42 Å². The van der Waals surface area contributed by atoms with Crippen molar-refractivity contribution < 1.29 is 0 Å². The SMILES string of the molecule is CC1(C)CC(NC2CCc3c(Br)cccc32)CC(C)(C)C1. The maximum Gasteiger partial charge on any atom is 0.0328 e. The molecule has 1 N–H and O–H groups in total. The lowest BCUT2D eigenvalue weighted by atomic mass is 9.63. The van der Waals surface area contributed by atoms with Gasteiger partial charge in [-0.3, -0.25) is 0 Å². The summed E-state index contributed by atoms with van der Waals surface area (Å²) in [7, 11) is 0. The maximum atomic E-state index is 3.99. The van der Waals surface area contributed by atoms with Gasteiger partial charge in [0.2, 0.25) is 0 Å². The van der Waals surface area contributed by atoms with E-state index in [1.165, 1.54) is 47.7 Å². The minimum absolute atomic E-state index is 0.456. The molecule has 1 unspecified atom stereocenters. The monoisotopic (exact) mass is 349 g/mol. The van der Waals surface area contributed by atoms with Gasteiger partial charge in [-0.1, -0.05) is 55.8 Å². The van der Waals surface area contributed by atoms with Crippen LogP contribution < -0.4 is 5.32 Å². The van der Waals surface area contributed by atoms with Gasteiger partial charge in [-0.05, 0) is 60.1 Å². The van der Waals surface area contributed by atoms with Crippen molar-refractivity contribution in [1.29, 1.82) is 0 Å². The molecule has 0 heterocycles. The first-order valence-electron chi connectivity index (χ1n) is 8.29. The molecule has 1 atom stereocenters. The van der Waals surface area contributed by atoms with E-state index in [1.54, 1.807) is 0 Å². The van der Waals surface area contributed by atoms with E-state index < -0.39 is 0 Å². The Kier molecular flexibility index (Phi) is 3.99. The molecule has 0 bridgehead atoms. The van der Waals surface area contributed by atoms with Crippen molar-refractivity contribution in [2.75, 3.05) is 0 Å². The van der Waals surface area contributed by atoms with Crippen molar-refractivity contribution in [3.63, 3.8) is 0 Å². The average molecular weight is 350 g/mol. The first kappa shape index (κ1) is 15.6. The first-order valence-corrected chi connectivity index (χ1v) is 9.08. The fourth-order valence-corrected chi connectivity index (χ4v) is 5.61. The normalized spacial score (nSPS) is 27.6. The number of fused-ring (bicyclic) bond motifs is 1. The van der Waals surface area contributed by atoms with E-state index in [1.807, 2.05) is 0 Å². The van der Waals surface area contributed by atoms with Crippen LogP contribution in [0.25, 0.3) is 0 Å². The van der Waals surface area contributed by atoms with Crippen LogP contribution in [0.15, 0.2) is 22.7 Å². The van der Waals surface area contributed by atoms with E-state index >= 15 is 0 Å². The van der Waals surface area contributed by atoms with Gasteiger partial charge in [-0.2, -0.15) is 0 Å². The summed E-state index contributed by atoms with van der Waals surface area (Å²) in [4.78, 5) is 0. The largest absolute Gasteiger partial charge is 0.307 e. The summed E-state index contributed by atoms with van der Waals surface area (Å²) >= 11 is 3.71. The lowest BCUT2D eigenvalue weighted by Crippen LogP contribution is -2.44. The molecule has 0 radical (unpaired) electrons. The molecule has 1 fully saturated rings. The summed E-state index contributed by atoms with van der Waals surface area (Å²) in [5.74, 6) is 0. The Morgan fingerprint density at radius 1 is 1.10 bits per heavy atom. The van der Waals surface area contributed by atoms with E-state index in [9.17, 15) is 0 Å². The smallest absolute Gasteiger partial charge is 0.0328 e. The zero-order chi connectivity index (χ0) is 15.3. The molecule has 2 aliphatic carbocycles. The molecular formula is C19H28BrN. The van der Waals surface area contributed by atoms with Crippen LogP contribution in [-0.4, -0.2) is 6.04 Å². The zero-order valence-electron chi connectivity index (χ0n) is 13.8. The van der Waals surface area contributed by atoms with E-state index in [-0.39, 0.29) is 0 Å². The molecule has 0 aliphatic heterocycles. The second-order valence-corrected chi connectivity index (χ2v) is 9.53. The molecule has 1 nitrogen and oxygen atoms in total. The molecule has 2 aliphatic rings. The van der Waals surface area contributed by atoms with E-state index in [0.29, 0.717) is 22.9 Å². The number of hydrogen-bond donors (Lipinski definition) is 1. The number of nitrogens with one attached hydrogen (secondary N) is 1. The number of benzene rings is 1. The quantitative estimate of drug-likeness (QED) is 0.729. The topological polar surface area (TPSA) is 12.0 Å². The van der Waals surface area contributed by atoms with Gasteiger partial charge in [0.1, 0.15) is 0 Å². The summed E-state index contributed by atoms with van der Waals surface area (Å²) in [5.41, 5.74) is 3.95. The van der Waals surface area contributed by atoms with Crippen LogP contribution in [0.4, 0.5) is 0 Å². The van der Waals surface area contributed by atoms with Crippen molar-refractivity contribution in [2.24, 2.45) is 10.8 Å². The standard InChI is InChI=1S/C19H28BrN/c1-18(2)10-13(11-19(3,4)12-18)21-17-9-8-14-15(17)6-5-7-16(14)20/h5-7,13,17,21H,8-12H2,1-4H3. The van der Waals surface area contributed by atoms with E-state index in [2.05, 4.69) is 67.1 Å². The van der Waals surface area contributed by atoms with Crippen LogP contribution in [0.1, 0.15) is 70.5 Å². The van der Waals surface area contributed by atoms with Crippen molar-refractivity contribution in [3.05, 3.63) is 33.8 Å². The predicted octanol–water partition coefficient (Wildman–Crippen LogP) is 5.63. The van der Waals surface area contributed by atoms with Crippen LogP contribution in [0.3, 0.4) is 0 Å². The molecular weight excluding hydrogens is 322 g/mol. The van der Waals surface area contributed by atoms with Gasteiger partial charge in [-0.25, -0.2) is 0 Å². The Morgan fingerprint density at radius 3 is 2.43 bits per heavy atom. The highest BCUT2D eigenvalue weighted by Gasteiger charge is 2.39. The highest BCUT2D eigenvalue weighted by Crippen LogP contribution is 2.47. The summed E-state index contributed by atoms with van der Waals surface area (Å²) in [6, 6.07) is 7.86. The van der Waals surface area contributed by atoms with Crippen LogP contribution >= 0.6 is 15.9 Å². The minimum atomic E-state index is 0.456. The Bertz CT molecular complexity index is 516. The van der Waals surface area contributed by atoms with Gasteiger partial charge >= 0.3 is 0 Å². The molecule has 1 aromatic carbocycles. The molecule has 21 heavy (non-hydrogen) atoms. The maximum absolute atomic E-state index is 3.99. The number of halogens is 1. The second-order valence-electron chi connectivity index (χ2n) is 8.68. The van der Waals surface area contributed by atoms with Gasteiger partial charge in [0.25, 0.3) is 0 Å². The Morgan fingerprint density at radius 2 is 1.76 bits per heavy atom. The van der Waals surface area contributed by atoms with Crippen molar-refractivity contribution in [3.8, 4) is 0 Å². The van der Waals surface area contributed by atoms with Gasteiger partial charge in [-0.15, -0.1) is 0 Å². The summed E-state index contributed by atoms with van der Waals surface area (Å²) < 4.78 is 1.29. The van der Waals surface area contributed by atoms with Gasteiger partial charge < -0.3 is 5.32 Å². The van der Waals surface area contributed by atoms with Crippen molar-refractivity contribution in [1.82, 2.24) is 5.32 Å². The third kappa shape index (κ3) is 3.37. The average Bonchev–Trinajstić information content (AvgIpc) is 2.70. The third-order valence-electron chi connectivity index (χ3n) is 5.21. The molecule has 0 aromatic heterocycles. The van der Waals surface area contributed by atoms with Crippen molar-refractivity contribution in [2.45, 2.75) is 71.9 Å². The lowest BCUT2D eigenvalue weighted by Gasteiger charge is -2.46. The Labute approximate surface area is 138 Å². The molecule has 1 aromatic rings. The molecule has 116 valence electrons. The van der Waals surface area contributed by atoms with Crippen LogP contribution in [0.5, 0.6) is 0 Å². The summed E-state index contributed by atoms with van der Waals surface area (Å²) in [6.07, 6.45) is 6.39. The highest BCUT2D eigenvalue weighted by atomic mass is 79.9. The molecule has 0 saturated heterocycles. The van der Waals surface area contributed by atoms with E-state index in [0.717, 1.165) is 0 Å². The Balaban J connectivity index is 1.75. The lowest BCUT2D eigenvalue weighted by molar-refractivity contribution is 0.0802. The summed E-state index contributed by atoms with van der Waals surface area (Å²) in [5, 5.41) is 3.99. The molecule has 0 spiro atoms. The minimum Gasteiger partial charge on any atom is -0.307 e. The van der Waals surface area contributed by atoms with Gasteiger partial charge in [0, 0.05) is 16.6 Å². The molecule has 0 amide bonds. The molecule has 1 saturated carbocycles. The summed E-state index contributed by atoms with van der Waals surface area (Å²) in [6.45, 7) is 9.73. The zero-order valence-corrected chi connectivity index (χ0v) is 15.4. The molecule has 2 heteroatoms.